The number of aromatic amines is 1. The van der Waals surface area contributed by atoms with E-state index in [9.17, 15) is 18.8 Å². The smallest absolute Gasteiger partial charge is 0.259 e. The number of hydrogen-bond donors (Lipinski definition) is 4. The fraction of sp³-hybridized carbons (Fsp3) is 0.200. The fourth-order valence-electron chi connectivity index (χ4n) is 4.13. The summed E-state index contributed by atoms with van der Waals surface area (Å²) in [7, 11) is 2.08. The quantitative estimate of drug-likeness (QED) is 0.277. The van der Waals surface area contributed by atoms with Crippen molar-refractivity contribution in [3.8, 4) is 0 Å². The Morgan fingerprint density at radius 1 is 1.00 bits per heavy atom. The molecule has 0 unspecified atom stereocenters. The third-order valence-electron chi connectivity index (χ3n) is 6.07. The minimum atomic E-state index is -0.651. The Balaban J connectivity index is 1.36. The van der Waals surface area contributed by atoms with Crippen LogP contribution in [0.25, 0.3) is 10.9 Å². The number of likely N-dealkylation sites (N-methyl/N-ethyl adjacent to an activating group) is 1. The highest BCUT2D eigenvalue weighted by Gasteiger charge is 2.19. The van der Waals surface area contributed by atoms with Gasteiger partial charge in [0.25, 0.3) is 5.91 Å². The van der Waals surface area contributed by atoms with Gasteiger partial charge < -0.3 is 15.1 Å². The second-order valence-electron chi connectivity index (χ2n) is 8.57. The molecule has 1 aromatic heterocycles. The number of piperazine rings is 1. The molecule has 0 spiro atoms. The zero-order chi connectivity index (χ0) is 25.2. The van der Waals surface area contributed by atoms with Gasteiger partial charge >= 0.3 is 0 Å². The van der Waals surface area contributed by atoms with E-state index >= 15 is 0 Å². The van der Waals surface area contributed by atoms with Crippen molar-refractivity contribution in [3.05, 3.63) is 71.8 Å². The number of nitrogens with one attached hydrogen (secondary N) is 3. The van der Waals surface area contributed by atoms with Crippen LogP contribution in [-0.4, -0.2) is 59.4 Å². The summed E-state index contributed by atoms with van der Waals surface area (Å²) in [4.78, 5) is 18.7. The van der Waals surface area contributed by atoms with Crippen LogP contribution in [0.5, 0.6) is 0 Å². The summed E-state index contributed by atoms with van der Waals surface area (Å²) in [5.41, 5.74) is 4.28. The lowest BCUT2D eigenvalue weighted by Gasteiger charge is -2.34. The first-order valence-corrected chi connectivity index (χ1v) is 12.1. The monoisotopic (exact) mass is 510 g/mol. The van der Waals surface area contributed by atoms with Gasteiger partial charge in [-0.25, -0.2) is 8.78 Å². The van der Waals surface area contributed by atoms with Crippen molar-refractivity contribution >= 4 is 45.8 Å². The van der Waals surface area contributed by atoms with E-state index in [0.717, 1.165) is 42.8 Å². The molecule has 5 rings (SSSR count). The second-order valence-corrected chi connectivity index (χ2v) is 9.72. The maximum absolute atomic E-state index is 13.6. The number of carbonyl (C=O) groups is 1. The van der Waals surface area contributed by atoms with Crippen molar-refractivity contribution in [1.82, 2.24) is 15.1 Å². The van der Waals surface area contributed by atoms with Gasteiger partial charge in [-0.05, 0) is 55.6 Å². The molecule has 1 fully saturated rings. The largest absolute Gasteiger partial charge is 0.369 e. The number of aromatic nitrogens is 2. The number of nitrogens with zero attached hydrogens (tertiary/aromatic N) is 3. The maximum atomic E-state index is 13.6. The molecule has 11 heteroatoms. The van der Waals surface area contributed by atoms with E-state index < -0.39 is 17.5 Å². The molecule has 0 atom stereocenters. The molecule has 1 aliphatic rings. The molecule has 1 aliphatic heterocycles. The van der Waals surface area contributed by atoms with Gasteiger partial charge in [0.05, 0.1) is 16.8 Å². The summed E-state index contributed by atoms with van der Waals surface area (Å²) in [6, 6.07) is 14.0. The number of anilines is 3. The van der Waals surface area contributed by atoms with Gasteiger partial charge in [-0.2, -0.15) is 5.10 Å². The topological polar surface area (TPSA) is 96.5 Å². The van der Waals surface area contributed by atoms with E-state index in [1.807, 2.05) is 6.07 Å². The number of rotatable bonds is 6. The first-order valence-electron chi connectivity index (χ1n) is 11.3. The Morgan fingerprint density at radius 2 is 1.75 bits per heavy atom. The Labute approximate surface area is 210 Å². The summed E-state index contributed by atoms with van der Waals surface area (Å²) in [5.74, 6) is -1.45. The number of carbonyl (C=O) groups excluding carboxylic acids is 1. The standard InChI is InChI=1S/C25H24F2N6O2S/c1-32-6-8-33(9-7-32)17-2-4-20(23(13-17)31-35)25(34)28-24-21-14-18(3-5-22(21)29-30-24)36-19-11-15(26)10-16(27)12-19/h2-5,10-14,31,35H,6-9H2,1H3,(H2,28,29,30,34). The van der Waals surface area contributed by atoms with Crippen LogP contribution >= 0.6 is 11.8 Å². The van der Waals surface area contributed by atoms with E-state index in [-0.39, 0.29) is 11.3 Å². The molecule has 186 valence electrons. The third kappa shape index (κ3) is 5.13. The van der Waals surface area contributed by atoms with E-state index in [1.165, 1.54) is 23.9 Å². The molecule has 8 nitrogen and oxygen atoms in total. The van der Waals surface area contributed by atoms with Crippen LogP contribution in [0, 0.1) is 11.6 Å². The number of amides is 1. The molecule has 3 aromatic carbocycles. The lowest BCUT2D eigenvalue weighted by atomic mass is 10.1. The lowest BCUT2D eigenvalue weighted by molar-refractivity contribution is 0.102. The van der Waals surface area contributed by atoms with Gasteiger partial charge in [-0.3, -0.25) is 20.6 Å². The average molecular weight is 511 g/mol. The molecule has 0 aliphatic carbocycles. The molecule has 4 aromatic rings. The van der Waals surface area contributed by atoms with Crippen LogP contribution in [0.3, 0.4) is 0 Å². The normalized spacial score (nSPS) is 14.3. The summed E-state index contributed by atoms with van der Waals surface area (Å²) in [5, 5.41) is 20.2. The molecule has 0 bridgehead atoms. The highest BCUT2D eigenvalue weighted by atomic mass is 32.2. The number of H-pyrrole nitrogens is 1. The Hall–Kier alpha value is -3.67. The van der Waals surface area contributed by atoms with E-state index in [2.05, 4.69) is 37.8 Å². The Morgan fingerprint density at radius 3 is 2.47 bits per heavy atom. The van der Waals surface area contributed by atoms with Crippen molar-refractivity contribution in [2.24, 2.45) is 0 Å². The highest BCUT2D eigenvalue weighted by molar-refractivity contribution is 7.99. The SMILES string of the molecule is CN1CCN(c2ccc(C(=O)Nc3n[nH]c4ccc(Sc5cc(F)cc(F)c5)cc34)c(NO)c2)CC1. The lowest BCUT2D eigenvalue weighted by Crippen LogP contribution is -2.44. The molecule has 2 heterocycles. The number of benzene rings is 3. The Kier molecular flexibility index (Phi) is 6.77. The predicted octanol–water partition coefficient (Wildman–Crippen LogP) is 4.80. The van der Waals surface area contributed by atoms with Gasteiger partial charge in [-0.1, -0.05) is 11.8 Å². The zero-order valence-electron chi connectivity index (χ0n) is 19.4. The first kappa shape index (κ1) is 24.0. The summed E-state index contributed by atoms with van der Waals surface area (Å²) < 4.78 is 27.1. The molecular formula is C25H24F2N6O2S. The summed E-state index contributed by atoms with van der Waals surface area (Å²) >= 11 is 1.19. The Bertz CT molecular complexity index is 1400. The highest BCUT2D eigenvalue weighted by Crippen LogP contribution is 2.33. The third-order valence-corrected chi connectivity index (χ3v) is 7.04. The van der Waals surface area contributed by atoms with Gasteiger partial charge in [0.1, 0.15) is 11.6 Å². The minimum Gasteiger partial charge on any atom is -0.369 e. The van der Waals surface area contributed by atoms with Crippen LogP contribution < -0.4 is 15.7 Å². The van der Waals surface area contributed by atoms with Gasteiger partial charge in [0, 0.05) is 53.1 Å². The predicted molar refractivity (Wildman–Crippen MR) is 136 cm³/mol. The van der Waals surface area contributed by atoms with Crippen LogP contribution in [0.4, 0.5) is 26.0 Å². The van der Waals surface area contributed by atoms with Crippen molar-refractivity contribution in [2.45, 2.75) is 9.79 Å². The first-order chi connectivity index (χ1) is 17.4. The molecule has 1 saturated heterocycles. The maximum Gasteiger partial charge on any atom is 0.259 e. The van der Waals surface area contributed by atoms with Gasteiger partial charge in [-0.15, -0.1) is 0 Å². The van der Waals surface area contributed by atoms with E-state index in [1.54, 1.807) is 30.3 Å². The molecule has 36 heavy (non-hydrogen) atoms. The van der Waals surface area contributed by atoms with Crippen molar-refractivity contribution in [3.63, 3.8) is 0 Å². The van der Waals surface area contributed by atoms with Crippen molar-refractivity contribution in [1.29, 1.82) is 0 Å². The van der Waals surface area contributed by atoms with Crippen LogP contribution in [0.15, 0.2) is 64.4 Å². The van der Waals surface area contributed by atoms with Crippen LogP contribution in [0.2, 0.25) is 0 Å². The van der Waals surface area contributed by atoms with E-state index in [4.69, 9.17) is 0 Å². The zero-order valence-corrected chi connectivity index (χ0v) is 20.2. The average Bonchev–Trinajstić information content (AvgIpc) is 3.25. The van der Waals surface area contributed by atoms with Gasteiger partial charge in [0.2, 0.25) is 0 Å². The molecule has 1 amide bonds. The van der Waals surface area contributed by atoms with Gasteiger partial charge in [0.15, 0.2) is 5.82 Å². The van der Waals surface area contributed by atoms with Crippen LogP contribution in [0.1, 0.15) is 10.4 Å². The molecular weight excluding hydrogens is 486 g/mol. The van der Waals surface area contributed by atoms with Crippen molar-refractivity contribution < 1.29 is 18.8 Å². The number of halogens is 2. The summed E-state index contributed by atoms with van der Waals surface area (Å²) in [6.45, 7) is 3.58. The molecule has 4 N–H and O–H groups in total. The number of fused-ring (bicyclic) bond motifs is 1. The van der Waals surface area contributed by atoms with E-state index in [0.29, 0.717) is 21.6 Å². The fourth-order valence-corrected chi connectivity index (χ4v) is 5.06. The van der Waals surface area contributed by atoms with Crippen molar-refractivity contribution in [2.75, 3.05) is 48.9 Å². The minimum absolute atomic E-state index is 0.257. The number of hydrogen-bond acceptors (Lipinski definition) is 7. The summed E-state index contributed by atoms with van der Waals surface area (Å²) in [6.07, 6.45) is 0. The second kappa shape index (κ2) is 10.1. The van der Waals surface area contributed by atoms with Crippen LogP contribution in [-0.2, 0) is 0 Å². The molecule has 0 saturated carbocycles. The molecule has 0 radical (unpaired) electrons.